The van der Waals surface area contributed by atoms with Gasteiger partial charge in [0.1, 0.15) is 11.1 Å². The summed E-state index contributed by atoms with van der Waals surface area (Å²) in [5.74, 6) is -1.33. The van der Waals surface area contributed by atoms with Gasteiger partial charge in [0, 0.05) is 5.41 Å². The smallest absolute Gasteiger partial charge is 0.353 e. The van der Waals surface area contributed by atoms with Gasteiger partial charge in [0.25, 0.3) is 5.91 Å². The summed E-state index contributed by atoms with van der Waals surface area (Å²) in [6, 6.07) is 0. The maximum Gasteiger partial charge on any atom is 0.353 e. The van der Waals surface area contributed by atoms with Crippen LogP contribution in [-0.2, 0) is 9.59 Å². The first-order valence-electron chi connectivity index (χ1n) is 5.02. The van der Waals surface area contributed by atoms with Crippen LogP contribution in [0.4, 0.5) is 0 Å². The van der Waals surface area contributed by atoms with E-state index in [-0.39, 0.29) is 17.0 Å². The number of aliphatic carboxylic acids is 1. The number of β-lactam (4-membered cyclic amide) rings is 1. The lowest BCUT2D eigenvalue weighted by molar-refractivity contribution is -0.141. The Labute approximate surface area is 110 Å². The predicted octanol–water partition coefficient (Wildman–Crippen LogP) is 1.07. The Bertz CT molecular complexity index is 620. The van der Waals surface area contributed by atoms with Crippen molar-refractivity contribution in [2.75, 3.05) is 0 Å². The molecular weight excluding hydrogens is 274 g/mol. The fourth-order valence-corrected chi connectivity index (χ4v) is 3.50. The molecule has 1 N–H and O–H groups in total. The van der Waals surface area contributed by atoms with Crippen LogP contribution in [0.5, 0.6) is 0 Å². The number of carbonyl (C=O) groups is 2. The molecule has 0 radical (unpaired) electrons. The van der Waals surface area contributed by atoms with Gasteiger partial charge in [0.2, 0.25) is 0 Å². The lowest BCUT2D eigenvalue weighted by atomic mass is 10.0. The van der Waals surface area contributed by atoms with Crippen LogP contribution in [-0.4, -0.2) is 36.8 Å². The second kappa shape index (κ2) is 3.92. The molecule has 3 heterocycles. The minimum absolute atomic E-state index is 0.0475. The first kappa shape index (κ1) is 11.4. The summed E-state index contributed by atoms with van der Waals surface area (Å²) in [5, 5.41) is 14.1. The van der Waals surface area contributed by atoms with Gasteiger partial charge < -0.3 is 5.11 Å². The van der Waals surface area contributed by atoms with Gasteiger partial charge in [-0.05, 0) is 24.5 Å². The minimum atomic E-state index is -1.08. The van der Waals surface area contributed by atoms with Gasteiger partial charge in [-0.3, -0.25) is 9.69 Å². The molecule has 1 atom stereocenters. The van der Waals surface area contributed by atoms with E-state index in [9.17, 15) is 9.59 Å². The largest absolute Gasteiger partial charge is 0.477 e. The van der Waals surface area contributed by atoms with Crippen molar-refractivity contribution in [2.45, 2.75) is 12.3 Å². The number of aromatic nitrogens is 2. The van der Waals surface area contributed by atoms with E-state index in [4.69, 9.17) is 5.11 Å². The lowest BCUT2D eigenvalue weighted by Crippen LogP contribution is -2.51. The van der Waals surface area contributed by atoms with E-state index >= 15 is 0 Å². The number of thioether (sulfide) groups is 1. The first-order valence-corrected chi connectivity index (χ1v) is 6.74. The van der Waals surface area contributed by atoms with E-state index in [2.05, 4.69) is 9.59 Å². The van der Waals surface area contributed by atoms with Gasteiger partial charge in [-0.1, -0.05) is 4.49 Å². The number of fused-ring (bicyclic) bond motifs is 1. The van der Waals surface area contributed by atoms with Crippen molar-refractivity contribution >= 4 is 41.2 Å². The molecule has 0 unspecified atom stereocenters. The van der Waals surface area contributed by atoms with Crippen molar-refractivity contribution in [3.63, 3.8) is 0 Å². The summed E-state index contributed by atoms with van der Waals surface area (Å²) in [7, 11) is 0. The van der Waals surface area contributed by atoms with Crippen molar-refractivity contribution in [1.82, 2.24) is 14.5 Å². The fraction of sp³-hybridized carbons (Fsp3) is 0.200. The van der Waals surface area contributed by atoms with Crippen LogP contribution in [0.15, 0.2) is 16.7 Å². The Morgan fingerprint density at radius 1 is 1.61 bits per heavy atom. The third-order valence-corrected chi connectivity index (χ3v) is 4.58. The number of nitrogens with zero attached hydrogens (tertiary/aromatic N) is 3. The van der Waals surface area contributed by atoms with Gasteiger partial charge >= 0.3 is 5.97 Å². The highest BCUT2D eigenvalue weighted by Crippen LogP contribution is 2.45. The normalized spacial score (nSPS) is 23.9. The molecule has 1 aromatic rings. The summed E-state index contributed by atoms with van der Waals surface area (Å²) in [5.41, 5.74) is 1.42. The molecule has 0 saturated carbocycles. The van der Waals surface area contributed by atoms with E-state index in [1.54, 1.807) is 6.08 Å². The number of carbonyl (C=O) groups excluding carboxylic acids is 1. The summed E-state index contributed by atoms with van der Waals surface area (Å²) in [6.45, 7) is 1.82. The van der Waals surface area contributed by atoms with Gasteiger partial charge in [-0.2, -0.15) is 0 Å². The van der Waals surface area contributed by atoms with Crippen LogP contribution >= 0.6 is 23.3 Å². The molecule has 6 nitrogen and oxygen atoms in total. The van der Waals surface area contributed by atoms with Crippen LogP contribution < -0.4 is 0 Å². The number of rotatable bonds is 2. The molecule has 0 aromatic carbocycles. The molecule has 8 heteroatoms. The van der Waals surface area contributed by atoms with Crippen LogP contribution in [0.25, 0.3) is 6.08 Å². The molecule has 0 spiro atoms. The zero-order chi connectivity index (χ0) is 12.9. The predicted molar refractivity (Wildman–Crippen MR) is 66.6 cm³/mol. The molecule has 2 aliphatic heterocycles. The van der Waals surface area contributed by atoms with Gasteiger partial charge in [-0.15, -0.1) is 16.9 Å². The van der Waals surface area contributed by atoms with E-state index in [0.717, 1.165) is 10.6 Å². The quantitative estimate of drug-likeness (QED) is 0.645. The monoisotopic (exact) mass is 281 g/mol. The van der Waals surface area contributed by atoms with Gasteiger partial charge in [-0.25, -0.2) is 4.79 Å². The molecule has 2 aliphatic rings. The van der Waals surface area contributed by atoms with Crippen molar-refractivity contribution in [3.8, 4) is 0 Å². The molecular formula is C10H7N3O3S2. The Balaban J connectivity index is 1.89. The molecule has 1 aromatic heterocycles. The van der Waals surface area contributed by atoms with Crippen LogP contribution in [0.1, 0.15) is 10.6 Å². The maximum atomic E-state index is 11.9. The summed E-state index contributed by atoms with van der Waals surface area (Å²) in [6.07, 6.45) is 1.75. The Hall–Kier alpha value is -1.67. The zero-order valence-corrected chi connectivity index (χ0v) is 10.8. The van der Waals surface area contributed by atoms with E-state index in [1.807, 2.05) is 6.92 Å². The molecule has 1 fully saturated rings. The minimum Gasteiger partial charge on any atom is -0.477 e. The third-order valence-electron chi connectivity index (χ3n) is 2.73. The molecule has 1 amide bonds. The highest BCUT2D eigenvalue weighted by molar-refractivity contribution is 8.03. The first-order chi connectivity index (χ1) is 8.59. The van der Waals surface area contributed by atoms with Crippen molar-refractivity contribution in [1.29, 1.82) is 0 Å². The second-order valence-electron chi connectivity index (χ2n) is 3.79. The Morgan fingerprint density at radius 3 is 3.00 bits per heavy atom. The fourth-order valence-electron chi connectivity index (χ4n) is 1.78. The number of carboxylic acids is 1. The maximum absolute atomic E-state index is 11.9. The topological polar surface area (TPSA) is 83.4 Å². The van der Waals surface area contributed by atoms with Crippen LogP contribution in [0.2, 0.25) is 0 Å². The van der Waals surface area contributed by atoms with E-state index in [1.165, 1.54) is 33.6 Å². The Kier molecular flexibility index (Phi) is 2.49. The molecule has 92 valence electrons. The number of amides is 1. The Morgan fingerprint density at radius 2 is 2.39 bits per heavy atom. The van der Waals surface area contributed by atoms with E-state index in [0.29, 0.717) is 5.57 Å². The molecule has 1 saturated heterocycles. The summed E-state index contributed by atoms with van der Waals surface area (Å²) >= 11 is 2.55. The van der Waals surface area contributed by atoms with Gasteiger partial charge in [0.15, 0.2) is 0 Å². The SMILES string of the molecule is Cc1nnsc1/C=C1/C(=O)N2C(C(=O)O)=CS[C@H]12. The highest BCUT2D eigenvalue weighted by atomic mass is 32.2. The number of hydrogen-bond donors (Lipinski definition) is 1. The zero-order valence-electron chi connectivity index (χ0n) is 9.15. The lowest BCUT2D eigenvalue weighted by Gasteiger charge is -2.37. The second-order valence-corrected chi connectivity index (χ2v) is 5.53. The highest BCUT2D eigenvalue weighted by Gasteiger charge is 2.49. The van der Waals surface area contributed by atoms with E-state index < -0.39 is 5.97 Å². The standard InChI is InChI=1S/C10H7N3O3S2/c1-4-7(18-12-11-4)2-5-8(14)13-6(10(15)16)3-17-9(5)13/h2-3,9H,1H3,(H,15,16)/b5-2-/t9-/m1/s1. The molecule has 0 aliphatic carbocycles. The molecule has 18 heavy (non-hydrogen) atoms. The summed E-state index contributed by atoms with van der Waals surface area (Å²) in [4.78, 5) is 24.9. The number of hydrogen-bond acceptors (Lipinski definition) is 6. The molecule has 3 rings (SSSR count). The van der Waals surface area contributed by atoms with Gasteiger partial charge in [0.05, 0.1) is 16.1 Å². The van der Waals surface area contributed by atoms with Crippen molar-refractivity contribution in [2.24, 2.45) is 0 Å². The van der Waals surface area contributed by atoms with Crippen molar-refractivity contribution in [3.05, 3.63) is 27.2 Å². The average Bonchev–Trinajstić information content (AvgIpc) is 2.90. The molecule has 0 bridgehead atoms. The summed E-state index contributed by atoms with van der Waals surface area (Å²) < 4.78 is 3.80. The van der Waals surface area contributed by atoms with Crippen LogP contribution in [0, 0.1) is 6.92 Å². The van der Waals surface area contributed by atoms with Crippen LogP contribution in [0.3, 0.4) is 0 Å². The van der Waals surface area contributed by atoms with Crippen molar-refractivity contribution < 1.29 is 14.7 Å². The average molecular weight is 281 g/mol. The number of aryl methyl sites for hydroxylation is 1. The number of carboxylic acid groups (broad SMARTS) is 1. The third kappa shape index (κ3) is 1.49.